The van der Waals surface area contributed by atoms with Gasteiger partial charge in [-0.2, -0.15) is 24.9 Å². The average molecular weight is 460 g/mol. The molecular weight excluding hydrogens is 431 g/mol. The predicted molar refractivity (Wildman–Crippen MR) is 116 cm³/mol. The Labute approximate surface area is 183 Å². The number of carboxylic acid groups (broad SMARTS) is 1. The molecule has 1 aliphatic rings. The van der Waals surface area contributed by atoms with Crippen LogP contribution in [0.15, 0.2) is 23.0 Å². The number of H-pyrrole nitrogens is 1. The van der Waals surface area contributed by atoms with E-state index in [-0.39, 0.29) is 5.56 Å². The summed E-state index contributed by atoms with van der Waals surface area (Å²) in [6.45, 7) is 3.22. The maximum Gasteiger partial charge on any atom is 0.490 e. The molecule has 6 nitrogen and oxygen atoms in total. The van der Waals surface area contributed by atoms with Gasteiger partial charge in [0.25, 0.3) is 5.56 Å². The molecule has 0 unspecified atom stereocenters. The molecule has 1 saturated carbocycles. The first-order valence-electron chi connectivity index (χ1n) is 10.0. The zero-order valence-corrected chi connectivity index (χ0v) is 18.6. The number of nitrogens with zero attached hydrogens (tertiary/aromatic N) is 2. The molecule has 0 atom stereocenters. The number of carbonyl (C=O) groups is 1. The number of rotatable bonds is 5. The van der Waals surface area contributed by atoms with Gasteiger partial charge in [0.2, 0.25) is 0 Å². The normalized spacial score (nSPS) is 19.2. The lowest BCUT2D eigenvalue weighted by Gasteiger charge is -2.29. The molecule has 10 heteroatoms. The molecule has 2 N–H and O–H groups in total. The molecule has 0 spiro atoms. The van der Waals surface area contributed by atoms with Gasteiger partial charge in [-0.1, -0.05) is 12.1 Å². The molecule has 1 aliphatic carbocycles. The standard InChI is InChI=1S/C19H27N3OS.C2HF3O2/c1-13-5-4-6-16-18(13)20-17(21-19(16)23)12-24-15-9-7-14(8-10-15)11-22(2)3;3-2(4,5)1(6)7/h4-6,14-15H,7-12H2,1-3H3,(H,20,21,23);(H,6,7). The highest BCUT2D eigenvalue weighted by molar-refractivity contribution is 7.99. The van der Waals surface area contributed by atoms with Crippen LogP contribution in [0.1, 0.15) is 37.1 Å². The van der Waals surface area contributed by atoms with Crippen molar-refractivity contribution in [2.45, 2.75) is 49.8 Å². The summed E-state index contributed by atoms with van der Waals surface area (Å²) in [5.41, 5.74) is 1.88. The van der Waals surface area contributed by atoms with Crippen LogP contribution < -0.4 is 5.56 Å². The lowest BCUT2D eigenvalue weighted by atomic mass is 9.89. The topological polar surface area (TPSA) is 86.3 Å². The summed E-state index contributed by atoms with van der Waals surface area (Å²) < 4.78 is 31.7. The molecule has 3 rings (SSSR count). The van der Waals surface area contributed by atoms with Crippen molar-refractivity contribution in [2.24, 2.45) is 5.92 Å². The number of aromatic nitrogens is 2. The average Bonchev–Trinajstić information content (AvgIpc) is 2.68. The monoisotopic (exact) mass is 459 g/mol. The van der Waals surface area contributed by atoms with Crippen LogP contribution in [-0.2, 0) is 10.5 Å². The van der Waals surface area contributed by atoms with Crippen LogP contribution in [0.25, 0.3) is 10.9 Å². The van der Waals surface area contributed by atoms with E-state index in [1.54, 1.807) is 0 Å². The number of halogens is 3. The molecule has 0 saturated heterocycles. The molecule has 2 aromatic rings. The van der Waals surface area contributed by atoms with E-state index < -0.39 is 12.1 Å². The van der Waals surface area contributed by atoms with Gasteiger partial charge < -0.3 is 15.0 Å². The Balaban J connectivity index is 0.000000423. The Morgan fingerprint density at radius 3 is 2.42 bits per heavy atom. The number of aromatic amines is 1. The SMILES string of the molecule is Cc1cccc2c(=O)[nH]c(CSC3CCC(CN(C)C)CC3)nc12.O=C(O)C(F)(F)F. The number of carboxylic acids is 1. The van der Waals surface area contributed by atoms with Crippen LogP contribution in [0, 0.1) is 12.8 Å². The van der Waals surface area contributed by atoms with E-state index in [2.05, 4.69) is 24.0 Å². The van der Waals surface area contributed by atoms with Crippen molar-refractivity contribution in [1.29, 1.82) is 0 Å². The number of hydrogen-bond donors (Lipinski definition) is 2. The minimum absolute atomic E-state index is 0.0195. The number of hydrogen-bond acceptors (Lipinski definition) is 5. The lowest BCUT2D eigenvalue weighted by Crippen LogP contribution is -2.26. The van der Waals surface area contributed by atoms with Crippen LogP contribution in [-0.4, -0.2) is 58.0 Å². The van der Waals surface area contributed by atoms with Crippen LogP contribution in [0.4, 0.5) is 13.2 Å². The zero-order valence-electron chi connectivity index (χ0n) is 17.8. The number of nitrogens with one attached hydrogen (secondary N) is 1. The maximum absolute atomic E-state index is 12.2. The lowest BCUT2D eigenvalue weighted by molar-refractivity contribution is -0.192. The van der Waals surface area contributed by atoms with E-state index in [1.165, 1.54) is 32.2 Å². The van der Waals surface area contributed by atoms with E-state index in [0.717, 1.165) is 28.6 Å². The highest BCUT2D eigenvalue weighted by Crippen LogP contribution is 2.33. The smallest absolute Gasteiger partial charge is 0.475 e. The van der Waals surface area contributed by atoms with Crippen molar-refractivity contribution in [3.8, 4) is 0 Å². The van der Waals surface area contributed by atoms with Crippen LogP contribution in [0.2, 0.25) is 0 Å². The minimum Gasteiger partial charge on any atom is -0.475 e. The van der Waals surface area contributed by atoms with Crippen molar-refractivity contribution in [1.82, 2.24) is 14.9 Å². The summed E-state index contributed by atoms with van der Waals surface area (Å²) in [6, 6.07) is 5.77. The number of para-hydroxylation sites is 1. The Kier molecular flexibility index (Phi) is 8.93. The van der Waals surface area contributed by atoms with Gasteiger partial charge >= 0.3 is 12.1 Å². The third kappa shape index (κ3) is 7.84. The molecule has 1 fully saturated rings. The van der Waals surface area contributed by atoms with Gasteiger partial charge in [-0.15, -0.1) is 0 Å². The van der Waals surface area contributed by atoms with Crippen LogP contribution in [0.5, 0.6) is 0 Å². The molecule has 1 aromatic carbocycles. The Bertz CT molecular complexity index is 939. The number of thioether (sulfide) groups is 1. The second-order valence-electron chi connectivity index (χ2n) is 8.00. The Morgan fingerprint density at radius 2 is 1.87 bits per heavy atom. The van der Waals surface area contributed by atoms with E-state index in [1.807, 2.05) is 36.9 Å². The molecule has 1 heterocycles. The minimum atomic E-state index is -5.08. The fourth-order valence-corrected chi connectivity index (χ4v) is 4.75. The number of aliphatic carboxylic acids is 1. The number of fused-ring (bicyclic) bond motifs is 1. The Hall–Kier alpha value is -2.07. The van der Waals surface area contributed by atoms with Crippen LogP contribution in [0.3, 0.4) is 0 Å². The first-order valence-corrected chi connectivity index (χ1v) is 11.1. The van der Waals surface area contributed by atoms with Gasteiger partial charge in [0.1, 0.15) is 5.82 Å². The fraction of sp³-hybridized carbons (Fsp3) is 0.571. The summed E-state index contributed by atoms with van der Waals surface area (Å²) in [4.78, 5) is 31.1. The zero-order chi connectivity index (χ0) is 23.2. The predicted octanol–water partition coefficient (Wildman–Crippen LogP) is 4.22. The molecule has 0 amide bonds. The van der Waals surface area contributed by atoms with Crippen molar-refractivity contribution in [3.63, 3.8) is 0 Å². The summed E-state index contributed by atoms with van der Waals surface area (Å²) >= 11 is 1.95. The molecule has 172 valence electrons. The van der Waals surface area contributed by atoms with E-state index in [9.17, 15) is 18.0 Å². The number of alkyl halides is 3. The van der Waals surface area contributed by atoms with E-state index in [0.29, 0.717) is 10.6 Å². The molecule has 0 aliphatic heterocycles. The van der Waals surface area contributed by atoms with Gasteiger partial charge in [0, 0.05) is 11.8 Å². The van der Waals surface area contributed by atoms with Crippen molar-refractivity contribution in [2.75, 3.05) is 20.6 Å². The molecule has 0 radical (unpaired) electrons. The largest absolute Gasteiger partial charge is 0.490 e. The molecule has 1 aromatic heterocycles. The second kappa shape index (κ2) is 11.0. The number of benzene rings is 1. The first-order chi connectivity index (χ1) is 14.5. The molecule has 31 heavy (non-hydrogen) atoms. The molecular formula is C21H28F3N3O3S. The third-order valence-electron chi connectivity index (χ3n) is 5.10. The van der Waals surface area contributed by atoms with Gasteiger partial charge in [0.15, 0.2) is 0 Å². The fourth-order valence-electron chi connectivity index (χ4n) is 3.61. The van der Waals surface area contributed by atoms with Crippen molar-refractivity contribution in [3.05, 3.63) is 39.9 Å². The third-order valence-corrected chi connectivity index (χ3v) is 6.49. The summed E-state index contributed by atoms with van der Waals surface area (Å²) in [7, 11) is 4.31. The van der Waals surface area contributed by atoms with Gasteiger partial charge in [-0.3, -0.25) is 4.79 Å². The van der Waals surface area contributed by atoms with Gasteiger partial charge in [-0.05, 0) is 64.3 Å². The summed E-state index contributed by atoms with van der Waals surface area (Å²) in [5.74, 6) is -0.310. The van der Waals surface area contributed by atoms with Crippen molar-refractivity contribution >= 4 is 28.6 Å². The quantitative estimate of drug-likeness (QED) is 0.696. The summed E-state index contributed by atoms with van der Waals surface area (Å²) in [5, 5.41) is 8.51. The van der Waals surface area contributed by atoms with E-state index >= 15 is 0 Å². The number of aryl methyl sites for hydroxylation is 1. The van der Waals surface area contributed by atoms with Crippen molar-refractivity contribution < 1.29 is 23.1 Å². The maximum atomic E-state index is 12.2. The Morgan fingerprint density at radius 1 is 1.26 bits per heavy atom. The van der Waals surface area contributed by atoms with Gasteiger partial charge in [0.05, 0.1) is 16.7 Å². The highest BCUT2D eigenvalue weighted by atomic mass is 32.2. The first kappa shape index (κ1) is 25.2. The highest BCUT2D eigenvalue weighted by Gasteiger charge is 2.38. The molecule has 0 bridgehead atoms. The second-order valence-corrected chi connectivity index (χ2v) is 9.29. The summed E-state index contributed by atoms with van der Waals surface area (Å²) in [6.07, 6.45) is 0.104. The van der Waals surface area contributed by atoms with Gasteiger partial charge in [-0.25, -0.2) is 9.78 Å². The van der Waals surface area contributed by atoms with Crippen LogP contribution >= 0.6 is 11.8 Å². The van der Waals surface area contributed by atoms with E-state index in [4.69, 9.17) is 14.9 Å².